The SMILES string of the molecule is NCC(O)C1CCCN1c1ccc(N)c(CO)c1. The van der Waals surface area contributed by atoms with Crippen LogP contribution >= 0.6 is 0 Å². The Balaban J connectivity index is 2.24. The van der Waals surface area contributed by atoms with E-state index in [4.69, 9.17) is 11.5 Å². The third-order valence-electron chi connectivity index (χ3n) is 3.61. The molecule has 1 aromatic carbocycles. The maximum absolute atomic E-state index is 9.93. The van der Waals surface area contributed by atoms with Crippen LogP contribution in [0, 0.1) is 0 Å². The minimum atomic E-state index is -0.511. The van der Waals surface area contributed by atoms with Gasteiger partial charge in [0.1, 0.15) is 0 Å². The van der Waals surface area contributed by atoms with Gasteiger partial charge in [-0.05, 0) is 31.0 Å². The molecule has 1 aromatic rings. The highest BCUT2D eigenvalue weighted by molar-refractivity contribution is 5.59. The van der Waals surface area contributed by atoms with Gasteiger partial charge in [-0.3, -0.25) is 0 Å². The summed E-state index contributed by atoms with van der Waals surface area (Å²) in [7, 11) is 0. The van der Waals surface area contributed by atoms with E-state index in [0.717, 1.165) is 30.6 Å². The van der Waals surface area contributed by atoms with Gasteiger partial charge in [0.25, 0.3) is 0 Å². The van der Waals surface area contributed by atoms with Crippen molar-refractivity contribution < 1.29 is 10.2 Å². The van der Waals surface area contributed by atoms with Gasteiger partial charge < -0.3 is 26.6 Å². The zero-order chi connectivity index (χ0) is 13.1. The molecule has 2 rings (SSSR count). The van der Waals surface area contributed by atoms with Crippen molar-refractivity contribution >= 4 is 11.4 Å². The average molecular weight is 251 g/mol. The van der Waals surface area contributed by atoms with Crippen LogP contribution in [0.2, 0.25) is 0 Å². The third kappa shape index (κ3) is 2.43. The molecule has 1 aliphatic heterocycles. The number of anilines is 2. The number of nitrogens with zero attached hydrogens (tertiary/aromatic N) is 1. The first kappa shape index (κ1) is 13.1. The molecule has 1 aliphatic rings. The molecule has 1 fully saturated rings. The van der Waals surface area contributed by atoms with Gasteiger partial charge in [0.15, 0.2) is 0 Å². The average Bonchev–Trinajstić information content (AvgIpc) is 2.87. The molecule has 2 atom stereocenters. The molecule has 18 heavy (non-hydrogen) atoms. The van der Waals surface area contributed by atoms with Crippen LogP contribution in [-0.4, -0.2) is 35.4 Å². The molecule has 6 N–H and O–H groups in total. The van der Waals surface area contributed by atoms with Gasteiger partial charge in [-0.2, -0.15) is 0 Å². The fraction of sp³-hybridized carbons (Fsp3) is 0.538. The summed E-state index contributed by atoms with van der Waals surface area (Å²) in [5, 5.41) is 19.2. The fourth-order valence-electron chi connectivity index (χ4n) is 2.58. The Bertz CT molecular complexity index is 411. The second kappa shape index (κ2) is 5.56. The van der Waals surface area contributed by atoms with Crippen LogP contribution in [0.25, 0.3) is 0 Å². The topological polar surface area (TPSA) is 95.7 Å². The van der Waals surface area contributed by atoms with Crippen LogP contribution in [-0.2, 0) is 6.61 Å². The number of rotatable bonds is 4. The van der Waals surface area contributed by atoms with Crippen LogP contribution in [0.4, 0.5) is 11.4 Å². The summed E-state index contributed by atoms with van der Waals surface area (Å²) in [4.78, 5) is 2.15. The first-order valence-corrected chi connectivity index (χ1v) is 6.31. The monoisotopic (exact) mass is 251 g/mol. The van der Waals surface area contributed by atoms with Crippen LogP contribution < -0.4 is 16.4 Å². The predicted octanol–water partition coefficient (Wildman–Crippen LogP) is 0.0495. The quantitative estimate of drug-likeness (QED) is 0.567. The molecule has 0 radical (unpaired) electrons. The summed E-state index contributed by atoms with van der Waals surface area (Å²) >= 11 is 0. The van der Waals surface area contributed by atoms with Gasteiger partial charge in [0, 0.05) is 30.0 Å². The first-order chi connectivity index (χ1) is 8.67. The summed E-state index contributed by atoms with van der Waals surface area (Å²) in [6.07, 6.45) is 1.47. The van der Waals surface area contributed by atoms with Crippen molar-refractivity contribution in [3.05, 3.63) is 23.8 Å². The fourth-order valence-corrected chi connectivity index (χ4v) is 2.58. The van der Waals surface area contributed by atoms with E-state index in [0.29, 0.717) is 5.69 Å². The molecule has 100 valence electrons. The van der Waals surface area contributed by atoms with Gasteiger partial charge in [-0.15, -0.1) is 0 Å². The zero-order valence-electron chi connectivity index (χ0n) is 10.4. The van der Waals surface area contributed by atoms with E-state index in [1.54, 1.807) is 6.07 Å². The highest BCUT2D eigenvalue weighted by Crippen LogP contribution is 2.29. The van der Waals surface area contributed by atoms with Crippen molar-refractivity contribution in [1.29, 1.82) is 0 Å². The predicted molar refractivity (Wildman–Crippen MR) is 72.2 cm³/mol. The van der Waals surface area contributed by atoms with Crippen LogP contribution in [0.5, 0.6) is 0 Å². The van der Waals surface area contributed by atoms with Crippen molar-refractivity contribution in [2.75, 3.05) is 23.7 Å². The van der Waals surface area contributed by atoms with Crippen molar-refractivity contribution in [2.45, 2.75) is 31.6 Å². The lowest BCUT2D eigenvalue weighted by Crippen LogP contribution is -2.43. The van der Waals surface area contributed by atoms with E-state index < -0.39 is 6.10 Å². The largest absolute Gasteiger partial charge is 0.398 e. The Morgan fingerprint density at radius 2 is 2.22 bits per heavy atom. The van der Waals surface area contributed by atoms with Crippen LogP contribution in [0.3, 0.4) is 0 Å². The van der Waals surface area contributed by atoms with Crippen molar-refractivity contribution in [2.24, 2.45) is 5.73 Å². The number of nitrogen functional groups attached to an aromatic ring is 1. The van der Waals surface area contributed by atoms with Gasteiger partial charge in [0.2, 0.25) is 0 Å². The van der Waals surface area contributed by atoms with Gasteiger partial charge in [-0.25, -0.2) is 0 Å². The zero-order valence-corrected chi connectivity index (χ0v) is 10.4. The molecule has 0 bridgehead atoms. The van der Waals surface area contributed by atoms with E-state index in [1.165, 1.54) is 0 Å². The molecule has 1 saturated heterocycles. The molecule has 0 aromatic heterocycles. The summed E-state index contributed by atoms with van der Waals surface area (Å²) in [5.41, 5.74) is 13.6. The lowest BCUT2D eigenvalue weighted by atomic mass is 10.1. The van der Waals surface area contributed by atoms with Gasteiger partial charge >= 0.3 is 0 Å². The lowest BCUT2D eigenvalue weighted by Gasteiger charge is -2.30. The number of benzene rings is 1. The summed E-state index contributed by atoms with van der Waals surface area (Å²) in [6, 6.07) is 5.67. The number of hydrogen-bond acceptors (Lipinski definition) is 5. The van der Waals surface area contributed by atoms with Gasteiger partial charge in [-0.1, -0.05) is 0 Å². The molecule has 5 heteroatoms. The number of nitrogens with two attached hydrogens (primary N) is 2. The number of aliphatic hydroxyl groups is 2. The molecule has 5 nitrogen and oxygen atoms in total. The molecular weight excluding hydrogens is 230 g/mol. The Labute approximate surface area is 107 Å². The first-order valence-electron chi connectivity index (χ1n) is 6.31. The molecule has 0 amide bonds. The molecule has 1 heterocycles. The van der Waals surface area contributed by atoms with E-state index in [-0.39, 0.29) is 19.2 Å². The van der Waals surface area contributed by atoms with E-state index in [1.807, 2.05) is 12.1 Å². The van der Waals surface area contributed by atoms with Gasteiger partial charge in [0.05, 0.1) is 18.8 Å². The lowest BCUT2D eigenvalue weighted by molar-refractivity contribution is 0.153. The van der Waals surface area contributed by atoms with Crippen molar-refractivity contribution in [3.8, 4) is 0 Å². The van der Waals surface area contributed by atoms with E-state index in [9.17, 15) is 10.2 Å². The Morgan fingerprint density at radius 1 is 1.44 bits per heavy atom. The highest BCUT2D eigenvalue weighted by Gasteiger charge is 2.30. The molecular formula is C13H21N3O2. The molecule has 0 aliphatic carbocycles. The molecule has 0 spiro atoms. The Hall–Kier alpha value is -1.30. The minimum absolute atomic E-state index is 0.0603. The summed E-state index contributed by atoms with van der Waals surface area (Å²) in [5.74, 6) is 0. The Morgan fingerprint density at radius 3 is 2.89 bits per heavy atom. The third-order valence-corrected chi connectivity index (χ3v) is 3.61. The molecule has 2 unspecified atom stereocenters. The molecule has 0 saturated carbocycles. The van der Waals surface area contributed by atoms with Crippen molar-refractivity contribution in [1.82, 2.24) is 0 Å². The van der Waals surface area contributed by atoms with Crippen LogP contribution in [0.1, 0.15) is 18.4 Å². The summed E-state index contributed by atoms with van der Waals surface area (Å²) in [6.45, 7) is 1.09. The number of hydrogen-bond donors (Lipinski definition) is 4. The standard InChI is InChI=1S/C13H21N3O2/c14-7-13(18)12-2-1-5-16(12)10-3-4-11(15)9(6-10)8-17/h3-4,6,12-13,17-18H,1-2,5,7-8,14-15H2. The normalized spacial score (nSPS) is 21.3. The van der Waals surface area contributed by atoms with E-state index in [2.05, 4.69) is 4.90 Å². The second-order valence-electron chi connectivity index (χ2n) is 4.75. The summed E-state index contributed by atoms with van der Waals surface area (Å²) < 4.78 is 0. The van der Waals surface area contributed by atoms with E-state index >= 15 is 0 Å². The van der Waals surface area contributed by atoms with Crippen molar-refractivity contribution in [3.63, 3.8) is 0 Å². The highest BCUT2D eigenvalue weighted by atomic mass is 16.3. The van der Waals surface area contributed by atoms with Crippen LogP contribution in [0.15, 0.2) is 18.2 Å². The maximum atomic E-state index is 9.93. The smallest absolute Gasteiger partial charge is 0.0865 e. The maximum Gasteiger partial charge on any atom is 0.0865 e. The Kier molecular flexibility index (Phi) is 4.06. The second-order valence-corrected chi connectivity index (χ2v) is 4.75. The minimum Gasteiger partial charge on any atom is -0.398 e. The number of aliphatic hydroxyl groups excluding tert-OH is 2.